The third-order valence-corrected chi connectivity index (χ3v) is 4.02. The Morgan fingerprint density at radius 3 is 2.27 bits per heavy atom. The normalized spacial score (nSPS) is 10.2. The van der Waals surface area contributed by atoms with E-state index in [4.69, 9.17) is 21.1 Å². The summed E-state index contributed by atoms with van der Waals surface area (Å²) < 4.78 is 10.4. The van der Waals surface area contributed by atoms with Gasteiger partial charge in [0.25, 0.3) is 0 Å². The van der Waals surface area contributed by atoms with Gasteiger partial charge in [0, 0.05) is 30.2 Å². The number of nitrogens with zero attached hydrogens (tertiary/aromatic N) is 1. The lowest BCUT2D eigenvalue weighted by molar-refractivity contribution is -0.123. The van der Waals surface area contributed by atoms with E-state index in [1.165, 1.54) is 26.0 Å². The molecule has 2 aromatic carbocycles. The Bertz CT molecular complexity index is 778. The summed E-state index contributed by atoms with van der Waals surface area (Å²) in [6.45, 7) is 1.66. The minimum absolute atomic E-state index is 0.0988. The first-order valence-electron chi connectivity index (χ1n) is 7.96. The van der Waals surface area contributed by atoms with Crippen LogP contribution in [0, 0.1) is 0 Å². The number of amides is 2. The minimum atomic E-state index is -0.273. The predicted octanol–water partition coefficient (Wildman–Crippen LogP) is 3.03. The van der Waals surface area contributed by atoms with Gasteiger partial charge in [-0.2, -0.15) is 0 Å². The number of carbonyl (C=O) groups is 2. The molecule has 0 bridgehead atoms. The summed E-state index contributed by atoms with van der Waals surface area (Å²) in [5, 5.41) is 3.43. The van der Waals surface area contributed by atoms with Gasteiger partial charge in [-0.3, -0.25) is 9.59 Å². The third-order valence-electron chi connectivity index (χ3n) is 3.76. The molecule has 0 atom stereocenters. The molecule has 0 aliphatic heterocycles. The molecule has 138 valence electrons. The zero-order chi connectivity index (χ0) is 19.1. The van der Waals surface area contributed by atoms with Crippen LogP contribution in [0.3, 0.4) is 0 Å². The Labute approximate surface area is 157 Å². The zero-order valence-corrected chi connectivity index (χ0v) is 15.7. The van der Waals surface area contributed by atoms with Crippen LogP contribution in [0.15, 0.2) is 42.5 Å². The summed E-state index contributed by atoms with van der Waals surface area (Å²) in [6, 6.07) is 12.2. The largest absolute Gasteiger partial charge is 0.493 e. The fraction of sp³-hybridized carbons (Fsp3) is 0.263. The van der Waals surface area contributed by atoms with Crippen molar-refractivity contribution >= 4 is 29.1 Å². The van der Waals surface area contributed by atoms with Crippen molar-refractivity contribution in [2.75, 3.05) is 25.7 Å². The number of ether oxygens (including phenoxy) is 2. The van der Waals surface area contributed by atoms with Gasteiger partial charge in [-0.25, -0.2) is 0 Å². The monoisotopic (exact) mass is 376 g/mol. The smallest absolute Gasteiger partial charge is 0.240 e. The van der Waals surface area contributed by atoms with Crippen LogP contribution in [-0.2, 0) is 16.1 Å². The van der Waals surface area contributed by atoms with Gasteiger partial charge in [-0.15, -0.1) is 0 Å². The van der Waals surface area contributed by atoms with Gasteiger partial charge in [-0.1, -0.05) is 23.7 Å². The Morgan fingerprint density at radius 1 is 1.04 bits per heavy atom. The van der Waals surface area contributed by atoms with Crippen molar-refractivity contribution in [2.45, 2.75) is 13.5 Å². The van der Waals surface area contributed by atoms with E-state index in [1.54, 1.807) is 30.3 Å². The van der Waals surface area contributed by atoms with Crippen LogP contribution in [0.25, 0.3) is 0 Å². The van der Waals surface area contributed by atoms with Gasteiger partial charge in [0.05, 0.1) is 14.2 Å². The highest BCUT2D eigenvalue weighted by Crippen LogP contribution is 2.31. The maximum absolute atomic E-state index is 12.3. The highest BCUT2D eigenvalue weighted by atomic mass is 35.5. The fourth-order valence-corrected chi connectivity index (χ4v) is 2.51. The zero-order valence-electron chi connectivity index (χ0n) is 14.9. The van der Waals surface area contributed by atoms with Crippen molar-refractivity contribution in [3.05, 3.63) is 53.1 Å². The maximum Gasteiger partial charge on any atom is 0.240 e. The van der Waals surface area contributed by atoms with Crippen LogP contribution < -0.4 is 19.7 Å². The van der Waals surface area contributed by atoms with E-state index >= 15 is 0 Å². The molecule has 1 N–H and O–H groups in total. The van der Waals surface area contributed by atoms with Crippen molar-refractivity contribution in [3.63, 3.8) is 0 Å². The van der Waals surface area contributed by atoms with E-state index in [-0.39, 0.29) is 18.4 Å². The number of nitrogens with one attached hydrogen (secondary N) is 1. The molecular weight excluding hydrogens is 356 g/mol. The average molecular weight is 377 g/mol. The van der Waals surface area contributed by atoms with Crippen molar-refractivity contribution < 1.29 is 19.1 Å². The number of anilines is 1. The van der Waals surface area contributed by atoms with Crippen LogP contribution in [0.1, 0.15) is 12.5 Å². The third kappa shape index (κ3) is 5.13. The minimum Gasteiger partial charge on any atom is -0.493 e. The molecule has 0 spiro atoms. The number of hydrogen-bond donors (Lipinski definition) is 1. The van der Waals surface area contributed by atoms with Crippen LogP contribution in [0.5, 0.6) is 11.5 Å². The molecule has 0 aliphatic carbocycles. The highest BCUT2D eigenvalue weighted by molar-refractivity contribution is 6.30. The molecular formula is C19H21ClN2O4. The summed E-state index contributed by atoms with van der Waals surface area (Å²) in [5.74, 6) is 0.508. The Morgan fingerprint density at radius 2 is 1.69 bits per heavy atom. The molecule has 0 fully saturated rings. The van der Waals surface area contributed by atoms with Crippen LogP contribution in [-0.4, -0.2) is 32.6 Å². The number of rotatable bonds is 7. The standard InChI is InChI=1S/C19H21ClN2O4/c1-13(23)22(16-8-9-17(25-2)18(10-16)26-3)12-19(24)21-11-14-4-6-15(20)7-5-14/h4-10H,11-12H2,1-3H3,(H,21,24). The average Bonchev–Trinajstić information content (AvgIpc) is 2.64. The summed E-state index contributed by atoms with van der Waals surface area (Å²) in [4.78, 5) is 25.6. The Hall–Kier alpha value is -2.73. The first-order valence-corrected chi connectivity index (χ1v) is 8.33. The lowest BCUT2D eigenvalue weighted by Crippen LogP contribution is -2.39. The maximum atomic E-state index is 12.3. The molecule has 0 saturated carbocycles. The van der Waals surface area contributed by atoms with Gasteiger partial charge in [-0.05, 0) is 29.8 Å². The van der Waals surface area contributed by atoms with Crippen LogP contribution in [0.2, 0.25) is 5.02 Å². The number of benzene rings is 2. The predicted molar refractivity (Wildman–Crippen MR) is 101 cm³/mol. The van der Waals surface area contributed by atoms with Gasteiger partial charge < -0.3 is 19.7 Å². The van der Waals surface area contributed by atoms with E-state index in [0.29, 0.717) is 28.8 Å². The highest BCUT2D eigenvalue weighted by Gasteiger charge is 2.17. The molecule has 2 amide bonds. The SMILES string of the molecule is COc1ccc(N(CC(=O)NCc2ccc(Cl)cc2)C(C)=O)cc1OC. The van der Waals surface area contributed by atoms with Gasteiger partial charge in [0.2, 0.25) is 11.8 Å². The van der Waals surface area contributed by atoms with Gasteiger partial charge in [0.15, 0.2) is 11.5 Å². The number of carbonyl (C=O) groups excluding carboxylic acids is 2. The molecule has 26 heavy (non-hydrogen) atoms. The Balaban J connectivity index is 2.06. The van der Waals surface area contributed by atoms with Crippen molar-refractivity contribution in [3.8, 4) is 11.5 Å². The second kappa shape index (κ2) is 9.10. The molecule has 0 unspecified atom stereocenters. The Kier molecular flexibility index (Phi) is 6.86. The second-order valence-electron chi connectivity index (χ2n) is 5.55. The summed E-state index contributed by atoms with van der Waals surface area (Å²) >= 11 is 5.84. The molecule has 0 heterocycles. The molecule has 0 aliphatic rings. The van der Waals surface area contributed by atoms with Gasteiger partial charge >= 0.3 is 0 Å². The van der Waals surface area contributed by atoms with Crippen molar-refractivity contribution in [2.24, 2.45) is 0 Å². The number of hydrogen-bond acceptors (Lipinski definition) is 4. The molecule has 7 heteroatoms. The van der Waals surface area contributed by atoms with E-state index in [0.717, 1.165) is 5.56 Å². The second-order valence-corrected chi connectivity index (χ2v) is 5.98. The lowest BCUT2D eigenvalue weighted by Gasteiger charge is -2.22. The molecule has 6 nitrogen and oxygen atoms in total. The summed E-state index contributed by atoms with van der Waals surface area (Å²) in [5.41, 5.74) is 1.47. The number of methoxy groups -OCH3 is 2. The number of halogens is 1. The van der Waals surface area contributed by atoms with Crippen molar-refractivity contribution in [1.29, 1.82) is 0 Å². The van der Waals surface area contributed by atoms with Gasteiger partial charge in [0.1, 0.15) is 6.54 Å². The fourth-order valence-electron chi connectivity index (χ4n) is 2.38. The first kappa shape index (κ1) is 19.6. The van der Waals surface area contributed by atoms with E-state index in [1.807, 2.05) is 12.1 Å². The quantitative estimate of drug-likeness (QED) is 0.806. The summed E-state index contributed by atoms with van der Waals surface area (Å²) in [6.07, 6.45) is 0. The van der Waals surface area contributed by atoms with E-state index < -0.39 is 0 Å². The van der Waals surface area contributed by atoms with Crippen LogP contribution >= 0.6 is 11.6 Å². The lowest BCUT2D eigenvalue weighted by atomic mass is 10.2. The van der Waals surface area contributed by atoms with Crippen LogP contribution in [0.4, 0.5) is 5.69 Å². The molecule has 2 rings (SSSR count). The summed E-state index contributed by atoms with van der Waals surface area (Å²) in [7, 11) is 3.04. The molecule has 0 saturated heterocycles. The van der Waals surface area contributed by atoms with E-state index in [9.17, 15) is 9.59 Å². The molecule has 2 aromatic rings. The first-order chi connectivity index (χ1) is 12.4. The molecule has 0 aromatic heterocycles. The van der Waals surface area contributed by atoms with E-state index in [2.05, 4.69) is 5.32 Å². The topological polar surface area (TPSA) is 67.9 Å². The van der Waals surface area contributed by atoms with Crippen molar-refractivity contribution in [1.82, 2.24) is 5.32 Å². The molecule has 0 radical (unpaired) electrons.